The minimum atomic E-state index is -0.774. The SMILES string of the molecule is CNCc1nnc(-c2ccc([N+](=O)[O-])cc2F)o1. The number of non-ortho nitro benzene ring substituents is 1. The van der Waals surface area contributed by atoms with Gasteiger partial charge < -0.3 is 9.73 Å². The second-order valence-corrected chi connectivity index (χ2v) is 3.45. The predicted octanol–water partition coefficient (Wildman–Crippen LogP) is 1.50. The lowest BCUT2D eigenvalue weighted by molar-refractivity contribution is -0.385. The van der Waals surface area contributed by atoms with Gasteiger partial charge in [-0.15, -0.1) is 10.2 Å². The molecule has 1 heterocycles. The Balaban J connectivity index is 2.35. The summed E-state index contributed by atoms with van der Waals surface area (Å²) in [5.41, 5.74) is -0.290. The molecule has 0 radical (unpaired) electrons. The molecule has 0 aliphatic carbocycles. The molecule has 0 aliphatic rings. The van der Waals surface area contributed by atoms with Crippen molar-refractivity contribution in [3.63, 3.8) is 0 Å². The average molecular weight is 252 g/mol. The molecular weight excluding hydrogens is 243 g/mol. The molecule has 94 valence electrons. The molecule has 0 bridgehead atoms. The van der Waals surface area contributed by atoms with Gasteiger partial charge in [-0.05, 0) is 13.1 Å². The van der Waals surface area contributed by atoms with Crippen LogP contribution in [0.4, 0.5) is 10.1 Å². The fourth-order valence-corrected chi connectivity index (χ4v) is 1.38. The van der Waals surface area contributed by atoms with E-state index in [0.717, 1.165) is 6.07 Å². The average Bonchev–Trinajstić information content (AvgIpc) is 2.77. The van der Waals surface area contributed by atoms with Crippen molar-refractivity contribution in [1.29, 1.82) is 0 Å². The normalized spacial score (nSPS) is 10.6. The predicted molar refractivity (Wildman–Crippen MR) is 59.1 cm³/mol. The summed E-state index contributed by atoms with van der Waals surface area (Å²) in [6, 6.07) is 3.24. The highest BCUT2D eigenvalue weighted by Gasteiger charge is 2.16. The third-order valence-corrected chi connectivity index (χ3v) is 2.19. The summed E-state index contributed by atoms with van der Waals surface area (Å²) in [7, 11) is 1.70. The highest BCUT2D eigenvalue weighted by molar-refractivity contribution is 5.56. The van der Waals surface area contributed by atoms with Crippen LogP contribution in [0.5, 0.6) is 0 Å². The van der Waals surface area contributed by atoms with Crippen molar-refractivity contribution in [3.05, 3.63) is 40.0 Å². The number of hydrogen-bond donors (Lipinski definition) is 1. The van der Waals surface area contributed by atoms with E-state index in [1.165, 1.54) is 12.1 Å². The topological polar surface area (TPSA) is 94.1 Å². The molecule has 1 aromatic heterocycles. The molecule has 1 N–H and O–H groups in total. The molecule has 0 aliphatic heterocycles. The third-order valence-electron chi connectivity index (χ3n) is 2.19. The van der Waals surface area contributed by atoms with Crippen LogP contribution in [0.25, 0.3) is 11.5 Å². The smallest absolute Gasteiger partial charge is 0.272 e. The first-order chi connectivity index (χ1) is 8.61. The van der Waals surface area contributed by atoms with Crippen LogP contribution in [0, 0.1) is 15.9 Å². The molecule has 1 aromatic carbocycles. The molecule has 18 heavy (non-hydrogen) atoms. The number of halogens is 1. The Hall–Kier alpha value is -2.35. The van der Waals surface area contributed by atoms with E-state index in [4.69, 9.17) is 4.42 Å². The van der Waals surface area contributed by atoms with Crippen LogP contribution in [0.3, 0.4) is 0 Å². The number of rotatable bonds is 4. The molecule has 0 saturated heterocycles. The van der Waals surface area contributed by atoms with Crippen molar-refractivity contribution in [2.75, 3.05) is 7.05 Å². The number of nitrogens with one attached hydrogen (secondary N) is 1. The van der Waals surface area contributed by atoms with Crippen molar-refractivity contribution in [1.82, 2.24) is 15.5 Å². The number of nitro groups is 1. The molecule has 0 saturated carbocycles. The molecule has 0 amide bonds. The Morgan fingerprint density at radius 2 is 2.28 bits per heavy atom. The zero-order chi connectivity index (χ0) is 13.1. The van der Waals surface area contributed by atoms with Gasteiger partial charge in [0.15, 0.2) is 0 Å². The summed E-state index contributed by atoms with van der Waals surface area (Å²) >= 11 is 0. The van der Waals surface area contributed by atoms with E-state index in [2.05, 4.69) is 15.5 Å². The first kappa shape index (κ1) is 12.1. The van der Waals surface area contributed by atoms with E-state index >= 15 is 0 Å². The van der Waals surface area contributed by atoms with E-state index in [9.17, 15) is 14.5 Å². The second kappa shape index (κ2) is 4.88. The minimum Gasteiger partial charge on any atom is -0.419 e. The van der Waals surface area contributed by atoms with Crippen molar-refractivity contribution in [2.45, 2.75) is 6.54 Å². The highest BCUT2D eigenvalue weighted by atomic mass is 19.1. The maximum Gasteiger partial charge on any atom is 0.272 e. The van der Waals surface area contributed by atoms with Crippen LogP contribution in [0.15, 0.2) is 22.6 Å². The van der Waals surface area contributed by atoms with Crippen molar-refractivity contribution < 1.29 is 13.7 Å². The van der Waals surface area contributed by atoms with Crippen LogP contribution < -0.4 is 5.32 Å². The van der Waals surface area contributed by atoms with Gasteiger partial charge in [0.2, 0.25) is 5.89 Å². The molecule has 0 fully saturated rings. The van der Waals surface area contributed by atoms with Gasteiger partial charge in [0.05, 0.1) is 23.1 Å². The van der Waals surface area contributed by atoms with Gasteiger partial charge in [0, 0.05) is 6.07 Å². The monoisotopic (exact) mass is 252 g/mol. The Kier molecular flexibility index (Phi) is 3.28. The fraction of sp³-hybridized carbons (Fsp3) is 0.200. The lowest BCUT2D eigenvalue weighted by Crippen LogP contribution is -2.04. The summed E-state index contributed by atoms with van der Waals surface area (Å²) in [4.78, 5) is 9.80. The van der Waals surface area contributed by atoms with Crippen LogP contribution in [-0.2, 0) is 6.54 Å². The third kappa shape index (κ3) is 2.33. The van der Waals surface area contributed by atoms with Gasteiger partial charge >= 0.3 is 0 Å². The summed E-state index contributed by atoms with van der Waals surface area (Å²) < 4.78 is 18.8. The molecular formula is C10H9FN4O3. The lowest BCUT2D eigenvalue weighted by atomic mass is 10.2. The molecule has 0 unspecified atom stereocenters. The fourth-order valence-electron chi connectivity index (χ4n) is 1.38. The van der Waals surface area contributed by atoms with E-state index in [-0.39, 0.29) is 17.1 Å². The van der Waals surface area contributed by atoms with E-state index in [0.29, 0.717) is 12.4 Å². The first-order valence-electron chi connectivity index (χ1n) is 5.03. The maximum absolute atomic E-state index is 13.6. The zero-order valence-electron chi connectivity index (χ0n) is 9.38. The van der Waals surface area contributed by atoms with E-state index in [1.807, 2.05) is 0 Å². The van der Waals surface area contributed by atoms with Crippen LogP contribution in [0.2, 0.25) is 0 Å². The number of nitrogens with zero attached hydrogens (tertiary/aromatic N) is 3. The summed E-state index contributed by atoms with van der Waals surface area (Å²) in [5.74, 6) is -0.471. The second-order valence-electron chi connectivity index (χ2n) is 3.45. The molecule has 2 aromatic rings. The molecule has 7 nitrogen and oxygen atoms in total. The van der Waals surface area contributed by atoms with Crippen molar-refractivity contribution in [2.24, 2.45) is 0 Å². The van der Waals surface area contributed by atoms with Crippen LogP contribution >= 0.6 is 0 Å². The van der Waals surface area contributed by atoms with Crippen molar-refractivity contribution >= 4 is 5.69 Å². The number of benzene rings is 1. The summed E-state index contributed by atoms with van der Waals surface area (Å²) in [6.07, 6.45) is 0. The van der Waals surface area contributed by atoms with Gasteiger partial charge in [-0.3, -0.25) is 10.1 Å². The highest BCUT2D eigenvalue weighted by Crippen LogP contribution is 2.25. The Bertz CT molecular complexity index is 584. The minimum absolute atomic E-state index is 0.00681. The summed E-state index contributed by atoms with van der Waals surface area (Å²) in [5, 5.41) is 20.7. The van der Waals surface area contributed by atoms with E-state index in [1.54, 1.807) is 7.05 Å². The molecule has 2 rings (SSSR count). The summed E-state index contributed by atoms with van der Waals surface area (Å²) in [6.45, 7) is 0.363. The Morgan fingerprint density at radius 1 is 1.50 bits per heavy atom. The Labute approximate surface area is 101 Å². The van der Waals surface area contributed by atoms with Crippen LogP contribution in [-0.4, -0.2) is 22.2 Å². The lowest BCUT2D eigenvalue weighted by Gasteiger charge is -1.97. The largest absolute Gasteiger partial charge is 0.419 e. The quantitative estimate of drug-likeness (QED) is 0.654. The van der Waals surface area contributed by atoms with E-state index < -0.39 is 10.7 Å². The number of nitro benzene ring substituents is 1. The van der Waals surface area contributed by atoms with Gasteiger partial charge in [-0.1, -0.05) is 0 Å². The molecule has 0 spiro atoms. The van der Waals surface area contributed by atoms with Crippen LogP contribution in [0.1, 0.15) is 5.89 Å². The van der Waals surface area contributed by atoms with Crippen molar-refractivity contribution in [3.8, 4) is 11.5 Å². The Morgan fingerprint density at radius 3 is 2.89 bits per heavy atom. The van der Waals surface area contributed by atoms with Gasteiger partial charge in [-0.25, -0.2) is 4.39 Å². The van der Waals surface area contributed by atoms with Gasteiger partial charge in [0.25, 0.3) is 11.6 Å². The van der Waals surface area contributed by atoms with Gasteiger partial charge in [0.1, 0.15) is 5.82 Å². The first-order valence-corrected chi connectivity index (χ1v) is 5.03. The number of aromatic nitrogens is 2. The van der Waals surface area contributed by atoms with Gasteiger partial charge in [-0.2, -0.15) is 0 Å². The zero-order valence-corrected chi connectivity index (χ0v) is 9.38. The maximum atomic E-state index is 13.6. The standard InChI is InChI=1S/C10H9FN4O3/c1-12-5-9-13-14-10(18-9)7-3-2-6(15(16)17)4-8(7)11/h2-4,12H,5H2,1H3. The molecule has 0 atom stereocenters. The molecule has 8 heteroatoms. The number of hydrogen-bond acceptors (Lipinski definition) is 6.